The Kier molecular flexibility index (Phi) is 8.25. The number of benzene rings is 1. The molecule has 0 spiro atoms. The number of hydrogen-bond acceptors (Lipinski definition) is 7. The predicted octanol–water partition coefficient (Wildman–Crippen LogP) is 3.31. The van der Waals surface area contributed by atoms with Crippen LogP contribution in [0.2, 0.25) is 5.02 Å². The third kappa shape index (κ3) is 6.17. The molecule has 1 atom stereocenters. The molecule has 1 fully saturated rings. The van der Waals surface area contributed by atoms with Gasteiger partial charge in [0.05, 0.1) is 11.2 Å². The number of nitrogens with one attached hydrogen (secondary N) is 2. The largest absolute Gasteiger partial charge is 0.490 e. The second kappa shape index (κ2) is 10.1. The molecule has 2 heterocycles. The summed E-state index contributed by atoms with van der Waals surface area (Å²) in [5, 5.41) is 11.2. The second-order valence-electron chi connectivity index (χ2n) is 6.37. The molecule has 3 N–H and O–H groups in total. The maximum atomic E-state index is 14.6. The normalized spacial score (nSPS) is 16.3. The summed E-state index contributed by atoms with van der Waals surface area (Å²) in [4.78, 5) is 13.2. The van der Waals surface area contributed by atoms with Gasteiger partial charge in [-0.05, 0) is 13.0 Å². The van der Waals surface area contributed by atoms with E-state index in [4.69, 9.17) is 21.5 Å². The van der Waals surface area contributed by atoms with Crippen molar-refractivity contribution in [2.24, 2.45) is 0 Å². The Hall–Kier alpha value is -2.23. The van der Waals surface area contributed by atoms with Gasteiger partial charge in [-0.15, -0.1) is 11.3 Å². The zero-order chi connectivity index (χ0) is 24.3. The van der Waals surface area contributed by atoms with Crippen LogP contribution < -0.4 is 14.9 Å². The molecule has 1 aromatic carbocycles. The standard InChI is InChI=1S/C14H15ClF2N4O2S2.C2HF3O2/c1-21(8-2-3-18-5-8)10-4-9(16)14(13(17)12(10)15)25(22,23)20-11-6-24-7-19-11;3-2(4,5)1(6)7/h4,6-8,18,20H,2-3,5H2,1H3;(H,6,7). The number of thiazole rings is 1. The van der Waals surface area contributed by atoms with Crippen LogP contribution in [0.15, 0.2) is 21.9 Å². The highest BCUT2D eigenvalue weighted by atomic mass is 35.5. The number of anilines is 2. The van der Waals surface area contributed by atoms with Gasteiger partial charge in [0.25, 0.3) is 10.0 Å². The minimum absolute atomic E-state index is 0.0156. The van der Waals surface area contributed by atoms with E-state index in [1.165, 1.54) is 10.9 Å². The van der Waals surface area contributed by atoms with Gasteiger partial charge in [0.15, 0.2) is 16.5 Å². The Bertz CT molecular complexity index is 1060. The number of carbonyl (C=O) groups is 1. The Morgan fingerprint density at radius 1 is 1.41 bits per heavy atom. The molecule has 1 aliphatic rings. The van der Waals surface area contributed by atoms with E-state index in [0.717, 1.165) is 30.4 Å². The van der Waals surface area contributed by atoms with Gasteiger partial charge in [-0.1, -0.05) is 11.6 Å². The zero-order valence-corrected chi connectivity index (χ0v) is 18.5. The number of aliphatic carboxylic acids is 1. The average Bonchev–Trinajstić information content (AvgIpc) is 3.37. The van der Waals surface area contributed by atoms with Crippen LogP contribution in [0.3, 0.4) is 0 Å². The first-order valence-electron chi connectivity index (χ1n) is 8.58. The third-order valence-corrected chi connectivity index (χ3v) is 6.58. The van der Waals surface area contributed by atoms with Crippen LogP contribution in [0, 0.1) is 11.6 Å². The van der Waals surface area contributed by atoms with E-state index in [9.17, 15) is 30.4 Å². The highest BCUT2D eigenvalue weighted by Crippen LogP contribution is 2.36. The molecule has 0 aliphatic carbocycles. The maximum Gasteiger partial charge on any atom is 0.490 e. The van der Waals surface area contributed by atoms with E-state index in [1.54, 1.807) is 11.9 Å². The first-order chi connectivity index (χ1) is 14.8. The average molecular weight is 523 g/mol. The van der Waals surface area contributed by atoms with Gasteiger partial charge in [-0.2, -0.15) is 13.2 Å². The van der Waals surface area contributed by atoms with E-state index < -0.39 is 43.7 Å². The summed E-state index contributed by atoms with van der Waals surface area (Å²) in [7, 11) is -2.83. The van der Waals surface area contributed by atoms with Crippen molar-refractivity contribution in [3.63, 3.8) is 0 Å². The number of hydrogen-bond donors (Lipinski definition) is 3. The minimum Gasteiger partial charge on any atom is -0.475 e. The van der Waals surface area contributed by atoms with Gasteiger partial charge in [0.2, 0.25) is 0 Å². The molecule has 32 heavy (non-hydrogen) atoms. The van der Waals surface area contributed by atoms with Crippen molar-refractivity contribution < 1.29 is 40.3 Å². The van der Waals surface area contributed by atoms with Crippen molar-refractivity contribution in [2.75, 3.05) is 29.8 Å². The number of rotatable bonds is 5. The third-order valence-electron chi connectivity index (χ3n) is 4.24. The number of carboxylic acid groups (broad SMARTS) is 1. The topological polar surface area (TPSA) is 112 Å². The van der Waals surface area contributed by atoms with E-state index in [-0.39, 0.29) is 17.5 Å². The molecular formula is C16H16ClF5N4O4S2. The fourth-order valence-corrected chi connectivity index (χ4v) is 4.73. The van der Waals surface area contributed by atoms with Crippen LogP contribution in [0.5, 0.6) is 0 Å². The molecular weight excluding hydrogens is 507 g/mol. The summed E-state index contributed by atoms with van der Waals surface area (Å²) in [6.45, 7) is 1.45. The first kappa shape index (κ1) is 26.0. The number of aromatic nitrogens is 1. The molecule has 1 aromatic heterocycles. The number of alkyl halides is 3. The summed E-state index contributed by atoms with van der Waals surface area (Å²) in [6.07, 6.45) is -4.29. The summed E-state index contributed by atoms with van der Waals surface area (Å²) in [5.41, 5.74) is 1.50. The SMILES string of the molecule is CN(c1cc(F)c(S(=O)(=O)Nc2cscn2)c(F)c1Cl)C1CCNC1.O=C(O)C(F)(F)F. The summed E-state index contributed by atoms with van der Waals surface area (Å²) in [6, 6.07) is 0.964. The van der Waals surface area contributed by atoms with Crippen molar-refractivity contribution in [2.45, 2.75) is 23.5 Å². The van der Waals surface area contributed by atoms with Crippen LogP contribution in [-0.4, -0.2) is 56.8 Å². The predicted molar refractivity (Wildman–Crippen MR) is 108 cm³/mol. The molecule has 0 amide bonds. The fraction of sp³-hybridized carbons (Fsp3) is 0.375. The Labute approximate surface area is 188 Å². The summed E-state index contributed by atoms with van der Waals surface area (Å²) in [5.74, 6) is -5.31. The molecule has 0 radical (unpaired) electrons. The Morgan fingerprint density at radius 3 is 2.50 bits per heavy atom. The maximum absolute atomic E-state index is 14.6. The smallest absolute Gasteiger partial charge is 0.475 e. The molecule has 1 unspecified atom stereocenters. The lowest BCUT2D eigenvalue weighted by Gasteiger charge is -2.27. The molecule has 0 bridgehead atoms. The summed E-state index contributed by atoms with van der Waals surface area (Å²) >= 11 is 7.17. The quantitative estimate of drug-likeness (QED) is 0.408. The lowest BCUT2D eigenvalue weighted by molar-refractivity contribution is -0.192. The van der Waals surface area contributed by atoms with Crippen molar-refractivity contribution in [3.05, 3.63) is 33.6 Å². The number of likely N-dealkylation sites (N-methyl/N-ethyl adjacent to an activating group) is 1. The van der Waals surface area contributed by atoms with E-state index >= 15 is 0 Å². The van der Waals surface area contributed by atoms with Gasteiger partial charge in [-0.3, -0.25) is 4.72 Å². The monoisotopic (exact) mass is 522 g/mol. The van der Waals surface area contributed by atoms with Crippen molar-refractivity contribution in [1.82, 2.24) is 10.3 Å². The molecule has 178 valence electrons. The second-order valence-corrected chi connectivity index (χ2v) is 9.09. The molecule has 2 aromatic rings. The van der Waals surface area contributed by atoms with Crippen molar-refractivity contribution >= 4 is 50.4 Å². The van der Waals surface area contributed by atoms with Crippen molar-refractivity contribution in [3.8, 4) is 0 Å². The zero-order valence-electron chi connectivity index (χ0n) is 16.1. The van der Waals surface area contributed by atoms with Gasteiger partial charge < -0.3 is 15.3 Å². The Balaban J connectivity index is 0.000000451. The lowest BCUT2D eigenvalue weighted by atomic mass is 10.2. The van der Waals surface area contributed by atoms with Gasteiger partial charge in [-0.25, -0.2) is 27.0 Å². The van der Waals surface area contributed by atoms with E-state index in [2.05, 4.69) is 10.3 Å². The molecule has 1 saturated heterocycles. The molecule has 0 saturated carbocycles. The van der Waals surface area contributed by atoms with Crippen LogP contribution in [0.4, 0.5) is 33.5 Å². The molecule has 3 rings (SSSR count). The molecule has 8 nitrogen and oxygen atoms in total. The van der Waals surface area contributed by atoms with E-state index in [0.29, 0.717) is 6.54 Å². The molecule has 1 aliphatic heterocycles. The van der Waals surface area contributed by atoms with Crippen molar-refractivity contribution in [1.29, 1.82) is 0 Å². The highest BCUT2D eigenvalue weighted by Gasteiger charge is 2.38. The lowest BCUT2D eigenvalue weighted by Crippen LogP contribution is -2.34. The Morgan fingerprint density at radius 2 is 2.03 bits per heavy atom. The van der Waals surface area contributed by atoms with Gasteiger partial charge in [0, 0.05) is 31.1 Å². The van der Waals surface area contributed by atoms with Crippen LogP contribution in [-0.2, 0) is 14.8 Å². The highest BCUT2D eigenvalue weighted by molar-refractivity contribution is 7.92. The summed E-state index contributed by atoms with van der Waals surface area (Å²) < 4.78 is 87.5. The van der Waals surface area contributed by atoms with Crippen LogP contribution >= 0.6 is 22.9 Å². The van der Waals surface area contributed by atoms with Crippen LogP contribution in [0.1, 0.15) is 6.42 Å². The number of carboxylic acids is 1. The number of sulfonamides is 1. The molecule has 16 heteroatoms. The number of halogens is 6. The minimum atomic E-state index is -5.08. The fourth-order valence-electron chi connectivity index (χ4n) is 2.69. The first-order valence-corrected chi connectivity index (χ1v) is 11.4. The van der Waals surface area contributed by atoms with Crippen LogP contribution in [0.25, 0.3) is 0 Å². The van der Waals surface area contributed by atoms with Gasteiger partial charge in [0.1, 0.15) is 10.8 Å². The number of nitrogens with zero attached hydrogens (tertiary/aromatic N) is 2. The van der Waals surface area contributed by atoms with Gasteiger partial charge >= 0.3 is 12.1 Å². The van der Waals surface area contributed by atoms with E-state index in [1.807, 2.05) is 4.72 Å².